The number of thiophene rings is 1. The summed E-state index contributed by atoms with van der Waals surface area (Å²) < 4.78 is 40.5. The van der Waals surface area contributed by atoms with Crippen LogP contribution in [0.4, 0.5) is 8.78 Å². The van der Waals surface area contributed by atoms with Crippen LogP contribution in [-0.2, 0) is 13.1 Å². The number of fused-ring (bicyclic) bond motifs is 1. The molecule has 0 saturated carbocycles. The van der Waals surface area contributed by atoms with E-state index in [1.165, 1.54) is 10.9 Å². The zero-order chi connectivity index (χ0) is 18.4. The second kappa shape index (κ2) is 8.70. The number of alkyl halides is 2. The summed E-state index contributed by atoms with van der Waals surface area (Å²) in [5.74, 6) is 1.49. The first-order chi connectivity index (χ1) is 12.7. The Morgan fingerprint density at radius 1 is 1.31 bits per heavy atom. The van der Waals surface area contributed by atoms with Crippen LogP contribution in [0.15, 0.2) is 34.6 Å². The van der Waals surface area contributed by atoms with Crippen LogP contribution in [0.5, 0.6) is 17.2 Å². The summed E-state index contributed by atoms with van der Waals surface area (Å²) >= 11 is 1.64. The lowest BCUT2D eigenvalue weighted by atomic mass is 10.1. The molecule has 1 aliphatic heterocycles. The third-order valence-electron chi connectivity index (χ3n) is 3.53. The van der Waals surface area contributed by atoms with Crippen LogP contribution in [0, 0.1) is 0 Å². The van der Waals surface area contributed by atoms with E-state index in [4.69, 9.17) is 9.47 Å². The van der Waals surface area contributed by atoms with Crippen molar-refractivity contribution in [1.82, 2.24) is 10.6 Å². The molecular weight excluding hydrogens is 364 g/mol. The van der Waals surface area contributed by atoms with E-state index in [0.29, 0.717) is 36.1 Å². The zero-order valence-electron chi connectivity index (χ0n) is 14.1. The average molecular weight is 383 g/mol. The van der Waals surface area contributed by atoms with E-state index in [-0.39, 0.29) is 19.1 Å². The molecule has 0 radical (unpaired) electrons. The van der Waals surface area contributed by atoms with Gasteiger partial charge in [0.15, 0.2) is 17.5 Å². The van der Waals surface area contributed by atoms with Gasteiger partial charge in [0.1, 0.15) is 5.75 Å². The third-order valence-corrected chi connectivity index (χ3v) is 4.41. The maximum absolute atomic E-state index is 12.7. The highest BCUT2D eigenvalue weighted by Crippen LogP contribution is 2.39. The lowest BCUT2D eigenvalue weighted by Gasteiger charge is -2.13. The van der Waals surface area contributed by atoms with Crippen molar-refractivity contribution in [3.63, 3.8) is 0 Å². The van der Waals surface area contributed by atoms with Crippen molar-refractivity contribution >= 4 is 17.3 Å². The third kappa shape index (κ3) is 4.75. The molecule has 6 nitrogen and oxygen atoms in total. The fourth-order valence-corrected chi connectivity index (χ4v) is 3.03. The Balaban J connectivity index is 1.75. The van der Waals surface area contributed by atoms with Crippen molar-refractivity contribution in [2.75, 3.05) is 13.3 Å². The molecule has 0 aliphatic carbocycles. The van der Waals surface area contributed by atoms with Crippen molar-refractivity contribution in [3.05, 3.63) is 40.1 Å². The highest BCUT2D eigenvalue weighted by molar-refractivity contribution is 7.09. The van der Waals surface area contributed by atoms with E-state index in [9.17, 15) is 8.78 Å². The monoisotopic (exact) mass is 383 g/mol. The van der Waals surface area contributed by atoms with Crippen molar-refractivity contribution in [2.24, 2.45) is 4.99 Å². The molecule has 140 valence electrons. The Hall–Kier alpha value is -2.55. The molecule has 0 spiro atoms. The molecule has 1 aromatic carbocycles. The molecule has 1 aliphatic rings. The van der Waals surface area contributed by atoms with Crippen LogP contribution in [0.25, 0.3) is 0 Å². The molecule has 1 aromatic heterocycles. The summed E-state index contributed by atoms with van der Waals surface area (Å²) in [4.78, 5) is 5.62. The number of benzene rings is 1. The van der Waals surface area contributed by atoms with Crippen molar-refractivity contribution < 1.29 is 23.0 Å². The highest BCUT2D eigenvalue weighted by Gasteiger charge is 2.20. The summed E-state index contributed by atoms with van der Waals surface area (Å²) in [7, 11) is 0. The zero-order valence-corrected chi connectivity index (χ0v) is 14.9. The van der Waals surface area contributed by atoms with E-state index in [0.717, 1.165) is 0 Å². The van der Waals surface area contributed by atoms with E-state index in [1.54, 1.807) is 17.4 Å². The van der Waals surface area contributed by atoms with Gasteiger partial charge in [0.05, 0.1) is 13.1 Å². The van der Waals surface area contributed by atoms with Crippen molar-refractivity contribution in [2.45, 2.75) is 26.6 Å². The van der Waals surface area contributed by atoms with Gasteiger partial charge in [0.2, 0.25) is 6.79 Å². The summed E-state index contributed by atoms with van der Waals surface area (Å²) in [6, 6.07) is 7.03. The van der Waals surface area contributed by atoms with Crippen LogP contribution >= 0.6 is 11.3 Å². The van der Waals surface area contributed by atoms with Gasteiger partial charge in [0, 0.05) is 23.1 Å². The van der Waals surface area contributed by atoms with Gasteiger partial charge in [-0.05, 0) is 24.4 Å². The van der Waals surface area contributed by atoms with Gasteiger partial charge in [-0.2, -0.15) is 8.78 Å². The summed E-state index contributed by atoms with van der Waals surface area (Å²) in [6.45, 7) is 0.541. The minimum Gasteiger partial charge on any atom is -0.454 e. The predicted octanol–water partition coefficient (Wildman–Crippen LogP) is 3.33. The lowest BCUT2D eigenvalue weighted by Crippen LogP contribution is -2.36. The number of ether oxygens (including phenoxy) is 3. The number of guanidine groups is 1. The van der Waals surface area contributed by atoms with E-state index < -0.39 is 6.61 Å². The molecule has 0 saturated heterocycles. The Morgan fingerprint density at radius 3 is 2.81 bits per heavy atom. The minimum atomic E-state index is -2.93. The first kappa shape index (κ1) is 18.2. The molecule has 0 bridgehead atoms. The Labute approximate surface area is 153 Å². The fraction of sp³-hybridized carbons (Fsp3) is 0.353. The van der Waals surface area contributed by atoms with Gasteiger partial charge >= 0.3 is 6.61 Å². The van der Waals surface area contributed by atoms with Crippen molar-refractivity contribution in [3.8, 4) is 17.2 Å². The Morgan fingerprint density at radius 2 is 2.12 bits per heavy atom. The second-order valence-corrected chi connectivity index (χ2v) is 6.35. The number of hydrogen-bond donors (Lipinski definition) is 2. The predicted molar refractivity (Wildman–Crippen MR) is 95.2 cm³/mol. The van der Waals surface area contributed by atoms with Gasteiger partial charge in [-0.3, -0.25) is 0 Å². The highest BCUT2D eigenvalue weighted by atomic mass is 32.1. The van der Waals surface area contributed by atoms with Gasteiger partial charge < -0.3 is 24.8 Å². The maximum atomic E-state index is 12.7. The smallest absolute Gasteiger partial charge is 0.387 e. The minimum absolute atomic E-state index is 0.0297. The topological polar surface area (TPSA) is 64.1 Å². The average Bonchev–Trinajstić information content (AvgIpc) is 3.27. The maximum Gasteiger partial charge on any atom is 0.387 e. The van der Waals surface area contributed by atoms with E-state index in [2.05, 4.69) is 20.4 Å². The summed E-state index contributed by atoms with van der Waals surface area (Å²) in [5.41, 5.74) is 0.489. The molecule has 0 fully saturated rings. The fourth-order valence-electron chi connectivity index (χ4n) is 2.38. The van der Waals surface area contributed by atoms with Crippen molar-refractivity contribution in [1.29, 1.82) is 0 Å². The molecule has 0 atom stereocenters. The SMILES string of the molecule is CCNC(=NCc1cc2c(cc1OC(F)F)OCO2)NCc1cccs1. The number of aliphatic imine (C=N–C) groups is 1. The normalized spacial score (nSPS) is 13.2. The number of nitrogens with one attached hydrogen (secondary N) is 2. The summed E-state index contributed by atoms with van der Waals surface area (Å²) in [5, 5.41) is 8.34. The lowest BCUT2D eigenvalue weighted by molar-refractivity contribution is -0.0505. The van der Waals surface area contributed by atoms with Crippen LogP contribution in [0.2, 0.25) is 0 Å². The molecule has 2 aromatic rings. The quantitative estimate of drug-likeness (QED) is 0.567. The van der Waals surface area contributed by atoms with E-state index >= 15 is 0 Å². The molecule has 3 rings (SSSR count). The Bertz CT molecular complexity index is 754. The molecule has 2 heterocycles. The van der Waals surface area contributed by atoms with Gasteiger partial charge in [-0.1, -0.05) is 6.07 Å². The van der Waals surface area contributed by atoms with E-state index in [1.807, 2.05) is 24.4 Å². The number of halogens is 2. The molecular formula is C17H19F2N3O3S. The molecule has 0 unspecified atom stereocenters. The van der Waals surface area contributed by atoms with Gasteiger partial charge in [0.25, 0.3) is 0 Å². The van der Waals surface area contributed by atoms with Gasteiger partial charge in [-0.15, -0.1) is 11.3 Å². The number of hydrogen-bond acceptors (Lipinski definition) is 5. The van der Waals surface area contributed by atoms with Gasteiger partial charge in [-0.25, -0.2) is 4.99 Å². The van der Waals surface area contributed by atoms with Crippen LogP contribution in [0.3, 0.4) is 0 Å². The standard InChI is InChI=1S/C17H19F2N3O3S/c1-2-20-17(22-9-12-4-3-5-26-12)21-8-11-6-14-15(24-10-23-14)7-13(11)25-16(18)19/h3-7,16H,2,8-10H2,1H3,(H2,20,21,22). The largest absolute Gasteiger partial charge is 0.454 e. The molecule has 9 heteroatoms. The van der Waals surface area contributed by atoms with Crippen LogP contribution < -0.4 is 24.8 Å². The van der Waals surface area contributed by atoms with Crippen LogP contribution in [-0.4, -0.2) is 25.9 Å². The first-order valence-corrected chi connectivity index (χ1v) is 8.95. The molecule has 0 amide bonds. The van der Waals surface area contributed by atoms with Crippen LogP contribution in [0.1, 0.15) is 17.4 Å². The summed E-state index contributed by atoms with van der Waals surface area (Å²) in [6.07, 6.45) is 0. The number of rotatable bonds is 7. The molecule has 2 N–H and O–H groups in total. The second-order valence-electron chi connectivity index (χ2n) is 5.32. The molecule has 26 heavy (non-hydrogen) atoms. The number of nitrogens with zero attached hydrogens (tertiary/aromatic N) is 1. The first-order valence-electron chi connectivity index (χ1n) is 8.07. The Kier molecular flexibility index (Phi) is 6.11.